The summed E-state index contributed by atoms with van der Waals surface area (Å²) in [5.74, 6) is 0. The van der Waals surface area contributed by atoms with Gasteiger partial charge in [-0.05, 0) is 6.07 Å². The van der Waals surface area contributed by atoms with Crippen LogP contribution < -0.4 is 0 Å². The average Bonchev–Trinajstić information content (AvgIpc) is 2.33. The highest BCUT2D eigenvalue weighted by Gasteiger charge is 1.97. The number of aldehydes is 2. The zero-order valence-electron chi connectivity index (χ0n) is 4.63. The summed E-state index contributed by atoms with van der Waals surface area (Å²) in [6, 6.07) is 1.55. The van der Waals surface area contributed by atoms with Crippen LogP contribution in [0.15, 0.2) is 12.3 Å². The average molecular weight is 123 g/mol. The highest BCUT2D eigenvalue weighted by molar-refractivity contribution is 5.88. The van der Waals surface area contributed by atoms with Gasteiger partial charge >= 0.3 is 0 Å². The molecule has 1 aromatic heterocycles. The minimum Gasteiger partial charge on any atom is -0.358 e. The molecule has 0 aliphatic rings. The molecular weight excluding hydrogens is 118 g/mol. The van der Waals surface area contributed by atoms with Crippen LogP contribution in [-0.4, -0.2) is 17.6 Å². The number of aromatic nitrogens is 1. The molecule has 1 rings (SSSR count). The monoisotopic (exact) mass is 123 g/mol. The van der Waals surface area contributed by atoms with Crippen LogP contribution in [0, 0.1) is 0 Å². The number of hydrogen-bond donors (Lipinski definition) is 1. The molecule has 3 nitrogen and oxygen atoms in total. The molecule has 9 heavy (non-hydrogen) atoms. The van der Waals surface area contributed by atoms with Crippen LogP contribution in [0.2, 0.25) is 0 Å². The molecule has 0 aliphatic carbocycles. The molecule has 0 saturated heterocycles. The van der Waals surface area contributed by atoms with Crippen molar-refractivity contribution in [3.8, 4) is 0 Å². The minimum absolute atomic E-state index is 0.338. The molecule has 0 spiro atoms. The number of aromatic amines is 1. The third-order valence-corrected chi connectivity index (χ3v) is 1.06. The topological polar surface area (TPSA) is 49.9 Å². The molecule has 0 atom stereocenters. The van der Waals surface area contributed by atoms with Gasteiger partial charge in [-0.1, -0.05) is 0 Å². The van der Waals surface area contributed by atoms with E-state index < -0.39 is 0 Å². The van der Waals surface area contributed by atoms with Gasteiger partial charge in [0.05, 0.1) is 5.69 Å². The van der Waals surface area contributed by atoms with E-state index in [1.54, 1.807) is 12.3 Å². The highest BCUT2D eigenvalue weighted by Crippen LogP contribution is 1.98. The standard InChI is InChI=1S/C6H5NO2/c8-3-5-1-2-7-6(5)4-9/h1-4,7H. The molecular formula is C6H5NO2. The van der Waals surface area contributed by atoms with Gasteiger partial charge in [-0.15, -0.1) is 0 Å². The molecule has 1 N–H and O–H groups in total. The van der Waals surface area contributed by atoms with Crippen molar-refractivity contribution in [1.29, 1.82) is 0 Å². The lowest BCUT2D eigenvalue weighted by atomic mass is 10.3. The molecule has 0 unspecified atom stereocenters. The first-order valence-electron chi connectivity index (χ1n) is 2.46. The van der Waals surface area contributed by atoms with Gasteiger partial charge in [-0.25, -0.2) is 0 Å². The lowest BCUT2D eigenvalue weighted by Gasteiger charge is -1.79. The van der Waals surface area contributed by atoms with E-state index >= 15 is 0 Å². The second kappa shape index (κ2) is 2.26. The van der Waals surface area contributed by atoms with Crippen molar-refractivity contribution in [2.24, 2.45) is 0 Å². The van der Waals surface area contributed by atoms with Gasteiger partial charge in [0.25, 0.3) is 0 Å². The molecule has 0 bridgehead atoms. The normalized spacial score (nSPS) is 8.89. The van der Waals surface area contributed by atoms with Gasteiger partial charge in [0, 0.05) is 11.8 Å². The Morgan fingerprint density at radius 3 is 2.56 bits per heavy atom. The summed E-state index contributed by atoms with van der Waals surface area (Å²) < 4.78 is 0. The molecule has 0 saturated carbocycles. The van der Waals surface area contributed by atoms with Gasteiger partial charge in [-0.2, -0.15) is 0 Å². The Hall–Kier alpha value is -1.38. The smallest absolute Gasteiger partial charge is 0.166 e. The van der Waals surface area contributed by atoms with Gasteiger partial charge < -0.3 is 4.98 Å². The predicted octanol–water partition coefficient (Wildman–Crippen LogP) is 0.640. The van der Waals surface area contributed by atoms with Crippen LogP contribution in [0.4, 0.5) is 0 Å². The SMILES string of the molecule is O=Cc1cc[nH]c1C=O. The molecule has 3 heteroatoms. The lowest BCUT2D eigenvalue weighted by molar-refractivity contribution is 0.109. The minimum atomic E-state index is 0.338. The second-order valence-electron chi connectivity index (χ2n) is 1.58. The summed E-state index contributed by atoms with van der Waals surface area (Å²) in [5, 5.41) is 0. The van der Waals surface area contributed by atoms with Gasteiger partial charge in [0.15, 0.2) is 12.6 Å². The van der Waals surface area contributed by atoms with Crippen LogP contribution in [0.1, 0.15) is 20.8 Å². The maximum Gasteiger partial charge on any atom is 0.166 e. The summed E-state index contributed by atoms with van der Waals surface area (Å²) >= 11 is 0. The third kappa shape index (κ3) is 0.887. The van der Waals surface area contributed by atoms with Crippen molar-refractivity contribution in [2.45, 2.75) is 0 Å². The summed E-state index contributed by atoms with van der Waals surface area (Å²) in [6.45, 7) is 0. The van der Waals surface area contributed by atoms with Gasteiger partial charge in [0.2, 0.25) is 0 Å². The maximum absolute atomic E-state index is 10.1. The van der Waals surface area contributed by atoms with E-state index in [1.165, 1.54) is 0 Å². The van der Waals surface area contributed by atoms with E-state index in [4.69, 9.17) is 0 Å². The van der Waals surface area contributed by atoms with E-state index in [-0.39, 0.29) is 0 Å². The Bertz CT molecular complexity index is 204. The van der Waals surface area contributed by atoms with E-state index in [0.29, 0.717) is 23.8 Å². The summed E-state index contributed by atoms with van der Waals surface area (Å²) in [5.41, 5.74) is 0.745. The zero-order chi connectivity index (χ0) is 6.69. The summed E-state index contributed by atoms with van der Waals surface area (Å²) in [4.78, 5) is 22.7. The zero-order valence-corrected chi connectivity index (χ0v) is 4.63. The van der Waals surface area contributed by atoms with Crippen LogP contribution in [-0.2, 0) is 0 Å². The molecule has 0 radical (unpaired) electrons. The summed E-state index contributed by atoms with van der Waals surface area (Å²) in [7, 11) is 0. The first-order valence-corrected chi connectivity index (χ1v) is 2.46. The number of carbonyl (C=O) groups is 2. The van der Waals surface area contributed by atoms with Crippen molar-refractivity contribution in [2.75, 3.05) is 0 Å². The number of carbonyl (C=O) groups excluding carboxylic acids is 2. The first-order chi connectivity index (χ1) is 4.38. The van der Waals surface area contributed by atoms with Gasteiger partial charge in [0.1, 0.15) is 0 Å². The fourth-order valence-electron chi connectivity index (χ4n) is 0.599. The molecule has 0 amide bonds. The lowest BCUT2D eigenvalue weighted by Crippen LogP contribution is -1.84. The van der Waals surface area contributed by atoms with E-state index in [1.807, 2.05) is 0 Å². The molecule has 0 aromatic carbocycles. The van der Waals surface area contributed by atoms with E-state index in [9.17, 15) is 9.59 Å². The quantitative estimate of drug-likeness (QED) is 0.586. The first kappa shape index (κ1) is 5.75. The van der Waals surface area contributed by atoms with Gasteiger partial charge in [-0.3, -0.25) is 9.59 Å². The van der Waals surface area contributed by atoms with E-state index in [2.05, 4.69) is 4.98 Å². The fraction of sp³-hybridized carbons (Fsp3) is 0. The van der Waals surface area contributed by atoms with Crippen molar-refractivity contribution in [1.82, 2.24) is 4.98 Å². The Labute approximate surface area is 51.7 Å². The van der Waals surface area contributed by atoms with Crippen molar-refractivity contribution >= 4 is 12.6 Å². The Morgan fingerprint density at radius 2 is 2.11 bits per heavy atom. The molecule has 1 aromatic rings. The van der Waals surface area contributed by atoms with Crippen molar-refractivity contribution < 1.29 is 9.59 Å². The highest BCUT2D eigenvalue weighted by atomic mass is 16.1. The Morgan fingerprint density at radius 1 is 1.33 bits per heavy atom. The fourth-order valence-corrected chi connectivity index (χ4v) is 0.599. The summed E-state index contributed by atoms with van der Waals surface area (Å²) in [6.07, 6.45) is 2.80. The Balaban J connectivity index is 3.12. The third-order valence-electron chi connectivity index (χ3n) is 1.06. The predicted molar refractivity (Wildman–Crippen MR) is 31.6 cm³/mol. The van der Waals surface area contributed by atoms with Crippen LogP contribution in [0.5, 0.6) is 0 Å². The van der Waals surface area contributed by atoms with Crippen LogP contribution in [0.3, 0.4) is 0 Å². The second-order valence-corrected chi connectivity index (χ2v) is 1.58. The molecule has 0 fully saturated rings. The van der Waals surface area contributed by atoms with Crippen molar-refractivity contribution in [3.63, 3.8) is 0 Å². The number of hydrogen-bond acceptors (Lipinski definition) is 2. The van der Waals surface area contributed by atoms with Crippen LogP contribution >= 0.6 is 0 Å². The van der Waals surface area contributed by atoms with E-state index in [0.717, 1.165) is 0 Å². The largest absolute Gasteiger partial charge is 0.358 e. The molecule has 0 aliphatic heterocycles. The Kier molecular flexibility index (Phi) is 1.44. The van der Waals surface area contributed by atoms with Crippen molar-refractivity contribution in [3.05, 3.63) is 23.5 Å². The molecule has 46 valence electrons. The number of nitrogens with one attached hydrogen (secondary N) is 1. The van der Waals surface area contributed by atoms with Crippen LogP contribution in [0.25, 0.3) is 0 Å². The number of rotatable bonds is 2. The maximum atomic E-state index is 10.1. The number of H-pyrrole nitrogens is 1. The molecule has 1 heterocycles.